The minimum Gasteiger partial charge on any atom is -0.503 e. The van der Waals surface area contributed by atoms with Crippen molar-refractivity contribution in [3.8, 4) is 0 Å². The Hall–Kier alpha value is -2.21. The van der Waals surface area contributed by atoms with E-state index in [1.54, 1.807) is 0 Å². The van der Waals surface area contributed by atoms with Crippen LogP contribution in [0.15, 0.2) is 35.6 Å². The van der Waals surface area contributed by atoms with Crippen LogP contribution in [0, 0.1) is 5.82 Å². The fraction of sp³-hybridized carbons (Fsp3) is 0.375. The second-order valence-electron chi connectivity index (χ2n) is 5.73. The number of amides is 1. The van der Waals surface area contributed by atoms with Crippen LogP contribution in [-0.2, 0) is 9.59 Å². The Bertz CT molecular complexity index is 623. The molecule has 1 aliphatic heterocycles. The zero-order valence-corrected chi connectivity index (χ0v) is 12.9. The lowest BCUT2D eigenvalue weighted by atomic mass is 9.97. The van der Waals surface area contributed by atoms with E-state index in [-0.39, 0.29) is 11.4 Å². The van der Waals surface area contributed by atoms with E-state index in [4.69, 9.17) is 0 Å². The number of nitrogens with one attached hydrogen (secondary N) is 1. The summed E-state index contributed by atoms with van der Waals surface area (Å²) < 4.78 is 13.1. The second kappa shape index (κ2) is 6.27. The van der Waals surface area contributed by atoms with Gasteiger partial charge in [-0.1, -0.05) is 12.1 Å². The minimum atomic E-state index is -0.662. The predicted molar refractivity (Wildman–Crippen MR) is 78.9 cm³/mol. The number of nitrogens with zero attached hydrogens (tertiary/aromatic N) is 1. The maximum atomic E-state index is 13.1. The molecule has 0 saturated carbocycles. The average molecular weight is 307 g/mol. The van der Waals surface area contributed by atoms with Gasteiger partial charge in [0.05, 0.1) is 38.8 Å². The molecule has 0 radical (unpaired) electrons. The topological polar surface area (TPSA) is 62.0 Å². The first-order valence-corrected chi connectivity index (χ1v) is 7.12. The Morgan fingerprint density at radius 2 is 1.91 bits per heavy atom. The van der Waals surface area contributed by atoms with Crippen LogP contribution >= 0.6 is 0 Å². The van der Waals surface area contributed by atoms with Gasteiger partial charge in [0, 0.05) is 0 Å². The molecular weight excluding hydrogens is 287 g/mol. The third-order valence-corrected chi connectivity index (χ3v) is 3.72. The van der Waals surface area contributed by atoms with Crippen LogP contribution in [0.4, 0.5) is 4.39 Å². The normalized spacial score (nSPS) is 18.5. The summed E-state index contributed by atoms with van der Waals surface area (Å²) in [5.41, 5.74) is 0.683. The summed E-state index contributed by atoms with van der Waals surface area (Å²) in [6.45, 7) is 2.38. The van der Waals surface area contributed by atoms with Crippen LogP contribution in [0.25, 0.3) is 0 Å². The fourth-order valence-electron chi connectivity index (χ4n) is 2.58. The lowest BCUT2D eigenvalue weighted by molar-refractivity contribution is -0.857. The number of carbonyl (C=O) groups excluding carboxylic acids is 2. The Kier molecular flexibility index (Phi) is 4.61. The van der Waals surface area contributed by atoms with Gasteiger partial charge in [-0.05, 0) is 24.6 Å². The molecule has 1 atom stereocenters. The highest BCUT2D eigenvalue weighted by atomic mass is 19.1. The number of aliphatic hydroxyl groups excluding tert-OH is 1. The van der Waals surface area contributed by atoms with Crippen molar-refractivity contribution in [2.45, 2.75) is 13.0 Å². The first-order valence-electron chi connectivity index (χ1n) is 7.12. The number of halogens is 1. The van der Waals surface area contributed by atoms with Gasteiger partial charge in [0.25, 0.3) is 5.91 Å². The summed E-state index contributed by atoms with van der Waals surface area (Å²) in [6.07, 6.45) is 0. The maximum Gasteiger partial charge on any atom is 0.290 e. The number of benzene rings is 1. The van der Waals surface area contributed by atoms with Crippen LogP contribution in [0.2, 0.25) is 0 Å². The molecule has 6 heteroatoms. The van der Waals surface area contributed by atoms with Crippen molar-refractivity contribution in [3.63, 3.8) is 0 Å². The summed E-state index contributed by atoms with van der Waals surface area (Å²) in [5, 5.41) is 10.0. The van der Waals surface area contributed by atoms with Crippen molar-refractivity contribution in [3.05, 3.63) is 47.0 Å². The van der Waals surface area contributed by atoms with E-state index >= 15 is 0 Å². The summed E-state index contributed by atoms with van der Waals surface area (Å²) in [5.74, 6) is -1.81. The second-order valence-corrected chi connectivity index (χ2v) is 5.73. The van der Waals surface area contributed by atoms with Crippen LogP contribution < -0.4 is 4.90 Å². The number of rotatable bonds is 5. The highest BCUT2D eigenvalue weighted by molar-refractivity contribution is 6.08. The van der Waals surface area contributed by atoms with Crippen LogP contribution in [0.1, 0.15) is 18.5 Å². The molecule has 118 valence electrons. The van der Waals surface area contributed by atoms with Crippen LogP contribution in [0.3, 0.4) is 0 Å². The molecular formula is C16H20FN2O3+. The fourth-order valence-corrected chi connectivity index (χ4v) is 2.58. The third-order valence-electron chi connectivity index (χ3n) is 3.72. The summed E-state index contributed by atoms with van der Waals surface area (Å²) >= 11 is 0. The van der Waals surface area contributed by atoms with Crippen molar-refractivity contribution in [1.82, 2.24) is 4.90 Å². The number of hydrogen-bond donors (Lipinski definition) is 2. The average Bonchev–Trinajstić information content (AvgIpc) is 2.70. The quantitative estimate of drug-likeness (QED) is 0.820. The standard InChI is InChI=1S/C16H19FN2O3/c1-10(20)13-14(11-4-6-12(17)7-5-11)19(9-8-18(2)3)16(22)15(13)21/h4-7,14,21H,8-9H2,1-3H3/p+1/t14-/m1/s1. The van der Waals surface area contributed by atoms with Gasteiger partial charge in [-0.2, -0.15) is 0 Å². The molecule has 1 amide bonds. The summed E-state index contributed by atoms with van der Waals surface area (Å²) in [7, 11) is 3.90. The molecule has 2 rings (SSSR count). The Balaban J connectivity index is 2.43. The van der Waals surface area contributed by atoms with Crippen molar-refractivity contribution in [1.29, 1.82) is 0 Å². The van der Waals surface area contributed by atoms with Crippen LogP contribution in [-0.4, -0.2) is 48.9 Å². The number of quaternary nitrogens is 1. The maximum absolute atomic E-state index is 13.1. The molecule has 0 aromatic heterocycles. The molecule has 1 heterocycles. The van der Waals surface area contributed by atoms with Gasteiger partial charge in [0.2, 0.25) is 0 Å². The summed E-state index contributed by atoms with van der Waals surface area (Å²) in [4.78, 5) is 26.7. The van der Waals surface area contributed by atoms with E-state index in [2.05, 4.69) is 0 Å². The monoisotopic (exact) mass is 307 g/mol. The first-order chi connectivity index (χ1) is 10.3. The van der Waals surface area contributed by atoms with Gasteiger partial charge in [-0.3, -0.25) is 9.59 Å². The number of likely N-dealkylation sites (N-methyl/N-ethyl adjacent to an activating group) is 1. The minimum absolute atomic E-state index is 0.0744. The van der Waals surface area contributed by atoms with E-state index in [9.17, 15) is 19.1 Å². The molecule has 2 N–H and O–H groups in total. The van der Waals surface area contributed by atoms with Gasteiger partial charge in [-0.25, -0.2) is 4.39 Å². The number of ketones is 1. The van der Waals surface area contributed by atoms with Crippen molar-refractivity contribution in [2.24, 2.45) is 0 Å². The zero-order chi connectivity index (χ0) is 16.4. The Morgan fingerprint density at radius 1 is 1.32 bits per heavy atom. The molecule has 0 bridgehead atoms. The van der Waals surface area contributed by atoms with E-state index in [0.717, 1.165) is 4.90 Å². The zero-order valence-electron chi connectivity index (χ0n) is 12.9. The van der Waals surface area contributed by atoms with Crippen molar-refractivity contribution >= 4 is 11.7 Å². The Labute approximate surface area is 128 Å². The molecule has 1 aliphatic rings. The first kappa shape index (κ1) is 16.2. The highest BCUT2D eigenvalue weighted by Crippen LogP contribution is 2.37. The van der Waals surface area contributed by atoms with Crippen LogP contribution in [0.5, 0.6) is 0 Å². The van der Waals surface area contributed by atoms with E-state index < -0.39 is 23.5 Å². The molecule has 1 aromatic carbocycles. The van der Waals surface area contributed by atoms with Gasteiger partial charge in [0.15, 0.2) is 11.5 Å². The third kappa shape index (κ3) is 3.01. The van der Waals surface area contributed by atoms with Gasteiger partial charge < -0.3 is 14.9 Å². The lowest BCUT2D eigenvalue weighted by Gasteiger charge is -2.26. The van der Waals surface area contributed by atoms with E-state index in [0.29, 0.717) is 18.7 Å². The largest absolute Gasteiger partial charge is 0.503 e. The summed E-state index contributed by atoms with van der Waals surface area (Å²) in [6, 6.07) is 4.96. The lowest BCUT2D eigenvalue weighted by Crippen LogP contribution is -3.06. The SMILES string of the molecule is CC(=O)C1=C(O)C(=O)N(CC[NH+](C)C)[C@@H]1c1ccc(F)cc1. The molecule has 0 aliphatic carbocycles. The van der Waals surface area contributed by atoms with E-state index in [1.807, 2.05) is 14.1 Å². The van der Waals surface area contributed by atoms with Gasteiger partial charge >= 0.3 is 0 Å². The number of carbonyl (C=O) groups is 2. The molecule has 0 fully saturated rings. The number of Topliss-reactive ketones (excluding diaryl/α,β-unsaturated/α-hetero) is 1. The number of hydrogen-bond acceptors (Lipinski definition) is 3. The predicted octanol–water partition coefficient (Wildman–Crippen LogP) is 0.255. The molecule has 0 unspecified atom stereocenters. The molecule has 0 saturated heterocycles. The molecule has 5 nitrogen and oxygen atoms in total. The highest BCUT2D eigenvalue weighted by Gasteiger charge is 2.42. The smallest absolute Gasteiger partial charge is 0.290 e. The Morgan fingerprint density at radius 3 is 2.41 bits per heavy atom. The van der Waals surface area contributed by atoms with Crippen molar-refractivity contribution in [2.75, 3.05) is 27.2 Å². The molecule has 22 heavy (non-hydrogen) atoms. The molecule has 0 spiro atoms. The van der Waals surface area contributed by atoms with Gasteiger partial charge in [-0.15, -0.1) is 0 Å². The van der Waals surface area contributed by atoms with Crippen molar-refractivity contribution < 1.29 is 24.0 Å². The number of aliphatic hydroxyl groups is 1. The van der Waals surface area contributed by atoms with Gasteiger partial charge in [0.1, 0.15) is 5.82 Å². The molecule has 1 aromatic rings. The van der Waals surface area contributed by atoms with E-state index in [1.165, 1.54) is 36.1 Å².